The van der Waals surface area contributed by atoms with E-state index in [0.29, 0.717) is 5.92 Å². The van der Waals surface area contributed by atoms with E-state index in [1.54, 1.807) is 0 Å². The van der Waals surface area contributed by atoms with E-state index in [4.69, 9.17) is 4.74 Å². The molecule has 0 aromatic heterocycles. The smallest absolute Gasteiger partial charge is 0.303 e. The molecule has 1 fully saturated rings. The summed E-state index contributed by atoms with van der Waals surface area (Å²) in [6, 6.07) is 0. The van der Waals surface area contributed by atoms with Crippen molar-refractivity contribution in [2.24, 2.45) is 11.8 Å². The van der Waals surface area contributed by atoms with Gasteiger partial charge < -0.3 is 9.84 Å². The number of carbonyl (C=O) groups is 1. The van der Waals surface area contributed by atoms with Gasteiger partial charge in [-0.2, -0.15) is 0 Å². The molecule has 3 heteroatoms. The zero-order valence-corrected chi connectivity index (χ0v) is 10.7. The van der Waals surface area contributed by atoms with Gasteiger partial charge in [0.05, 0.1) is 6.10 Å². The predicted molar refractivity (Wildman–Crippen MR) is 66.2 cm³/mol. The van der Waals surface area contributed by atoms with Crippen LogP contribution in [0.2, 0.25) is 0 Å². The molecule has 1 aliphatic carbocycles. The fourth-order valence-corrected chi connectivity index (χ4v) is 2.31. The molecule has 3 nitrogen and oxygen atoms in total. The highest BCUT2D eigenvalue weighted by molar-refractivity contribution is 5.66. The van der Waals surface area contributed by atoms with Gasteiger partial charge in [-0.05, 0) is 25.7 Å². The second-order valence-corrected chi connectivity index (χ2v) is 4.78. The number of aliphatic hydroxyl groups is 1. The highest BCUT2D eigenvalue weighted by atomic mass is 16.5. The number of carbonyl (C=O) groups excluding carboxylic acids is 1. The molecule has 96 valence electrons. The molecule has 17 heavy (non-hydrogen) atoms. The first-order valence-electron chi connectivity index (χ1n) is 6.41. The van der Waals surface area contributed by atoms with Gasteiger partial charge in [0.15, 0.2) is 6.61 Å². The first-order valence-corrected chi connectivity index (χ1v) is 6.41. The van der Waals surface area contributed by atoms with Gasteiger partial charge in [-0.1, -0.05) is 31.1 Å². The van der Waals surface area contributed by atoms with Gasteiger partial charge in [0.25, 0.3) is 0 Å². The van der Waals surface area contributed by atoms with Crippen LogP contribution < -0.4 is 0 Å². The van der Waals surface area contributed by atoms with Crippen LogP contribution in [0.15, 0.2) is 0 Å². The molecule has 0 spiro atoms. The van der Waals surface area contributed by atoms with Crippen molar-refractivity contribution >= 4 is 5.97 Å². The van der Waals surface area contributed by atoms with Crippen molar-refractivity contribution in [3.8, 4) is 11.8 Å². The molecule has 0 unspecified atom stereocenters. The summed E-state index contributed by atoms with van der Waals surface area (Å²) in [4.78, 5) is 10.5. The Kier molecular flexibility index (Phi) is 6.07. The quantitative estimate of drug-likeness (QED) is 0.605. The van der Waals surface area contributed by atoms with Crippen molar-refractivity contribution < 1.29 is 14.6 Å². The fraction of sp³-hybridized carbons (Fsp3) is 0.786. The zero-order chi connectivity index (χ0) is 12.7. The Balaban J connectivity index is 2.34. The van der Waals surface area contributed by atoms with E-state index in [-0.39, 0.29) is 24.6 Å². The number of ether oxygens (including phenoxy) is 1. The molecule has 0 bridgehead atoms. The van der Waals surface area contributed by atoms with Crippen molar-refractivity contribution in [2.75, 3.05) is 6.61 Å². The van der Waals surface area contributed by atoms with E-state index in [1.165, 1.54) is 26.2 Å². The summed E-state index contributed by atoms with van der Waals surface area (Å²) in [6.07, 6.45) is 5.59. The van der Waals surface area contributed by atoms with Crippen LogP contribution in [-0.2, 0) is 9.53 Å². The van der Waals surface area contributed by atoms with Crippen LogP contribution in [0.4, 0.5) is 0 Å². The SMILES string of the molecule is CC(=O)OCC#C[C@H](C)[C@H](O)C1CCCCC1. The largest absolute Gasteiger partial charge is 0.453 e. The minimum atomic E-state index is -0.347. The highest BCUT2D eigenvalue weighted by Gasteiger charge is 2.25. The molecule has 1 N–H and O–H groups in total. The molecule has 2 atom stereocenters. The van der Waals surface area contributed by atoms with Gasteiger partial charge in [-0.15, -0.1) is 0 Å². The third-order valence-electron chi connectivity index (χ3n) is 3.32. The summed E-state index contributed by atoms with van der Waals surface area (Å²) in [6.45, 7) is 3.42. The molecular formula is C14H22O3. The molecule has 0 aromatic carbocycles. The third-order valence-corrected chi connectivity index (χ3v) is 3.32. The minimum absolute atomic E-state index is 0.0475. The Hall–Kier alpha value is -1.01. The standard InChI is InChI=1S/C14H22O3/c1-11(7-6-10-17-12(2)15)14(16)13-8-4-3-5-9-13/h11,13-14,16H,3-5,8-10H2,1-2H3/t11-,14-/m0/s1. The van der Waals surface area contributed by atoms with E-state index >= 15 is 0 Å². The van der Waals surface area contributed by atoms with Gasteiger partial charge in [0, 0.05) is 12.8 Å². The summed E-state index contributed by atoms with van der Waals surface area (Å²) in [5, 5.41) is 10.1. The first-order chi connectivity index (χ1) is 8.11. The van der Waals surface area contributed by atoms with Gasteiger partial charge in [-0.3, -0.25) is 4.79 Å². The molecule has 0 aromatic rings. The maximum absolute atomic E-state index is 10.5. The average Bonchev–Trinajstić information content (AvgIpc) is 2.34. The third kappa shape index (κ3) is 5.23. The van der Waals surface area contributed by atoms with Crippen molar-refractivity contribution in [3.05, 3.63) is 0 Å². The average molecular weight is 238 g/mol. The Morgan fingerprint density at radius 1 is 1.41 bits per heavy atom. The minimum Gasteiger partial charge on any atom is -0.453 e. The lowest BCUT2D eigenvalue weighted by Gasteiger charge is -2.28. The second-order valence-electron chi connectivity index (χ2n) is 4.78. The monoisotopic (exact) mass is 238 g/mol. The van der Waals surface area contributed by atoms with E-state index in [1.807, 2.05) is 6.92 Å². The van der Waals surface area contributed by atoms with E-state index in [9.17, 15) is 9.90 Å². The highest BCUT2D eigenvalue weighted by Crippen LogP contribution is 2.29. The molecule has 0 saturated heterocycles. The van der Waals surface area contributed by atoms with Crippen molar-refractivity contribution in [3.63, 3.8) is 0 Å². The number of esters is 1. The van der Waals surface area contributed by atoms with Gasteiger partial charge in [-0.25, -0.2) is 0 Å². The molecule has 1 rings (SSSR count). The number of aliphatic hydroxyl groups excluding tert-OH is 1. The lowest BCUT2D eigenvalue weighted by molar-refractivity contribution is -0.139. The van der Waals surface area contributed by atoms with Crippen LogP contribution in [0.3, 0.4) is 0 Å². The maximum Gasteiger partial charge on any atom is 0.303 e. The predicted octanol–water partition coefficient (Wildman–Crippen LogP) is 2.13. The van der Waals surface area contributed by atoms with Crippen molar-refractivity contribution in [1.82, 2.24) is 0 Å². The van der Waals surface area contributed by atoms with Crippen LogP contribution in [0.5, 0.6) is 0 Å². The normalized spacial score (nSPS) is 19.9. The Morgan fingerprint density at radius 2 is 2.06 bits per heavy atom. The second kappa shape index (κ2) is 7.34. The Bertz CT molecular complexity index is 294. The van der Waals surface area contributed by atoms with Crippen LogP contribution >= 0.6 is 0 Å². The molecular weight excluding hydrogens is 216 g/mol. The molecule has 0 heterocycles. The van der Waals surface area contributed by atoms with E-state index < -0.39 is 0 Å². The summed E-state index contributed by atoms with van der Waals surface area (Å²) in [7, 11) is 0. The number of rotatable bonds is 3. The van der Waals surface area contributed by atoms with E-state index in [2.05, 4.69) is 11.8 Å². The van der Waals surface area contributed by atoms with Crippen LogP contribution in [0.25, 0.3) is 0 Å². The molecule has 0 amide bonds. The fourth-order valence-electron chi connectivity index (χ4n) is 2.31. The molecule has 0 radical (unpaired) electrons. The summed E-state index contributed by atoms with van der Waals surface area (Å²) in [5.74, 6) is 5.76. The van der Waals surface area contributed by atoms with Crippen LogP contribution in [-0.4, -0.2) is 23.8 Å². The lowest BCUT2D eigenvalue weighted by Crippen LogP contribution is -2.28. The molecule has 1 aliphatic rings. The summed E-state index contributed by atoms with van der Waals surface area (Å²) >= 11 is 0. The Labute approximate surface area is 104 Å². The number of hydrogen-bond acceptors (Lipinski definition) is 3. The van der Waals surface area contributed by atoms with Crippen LogP contribution in [0, 0.1) is 23.7 Å². The molecule has 1 saturated carbocycles. The summed E-state index contributed by atoms with van der Waals surface area (Å²) in [5.41, 5.74) is 0. The Morgan fingerprint density at radius 3 is 2.65 bits per heavy atom. The van der Waals surface area contributed by atoms with Gasteiger partial charge in [0.1, 0.15) is 0 Å². The van der Waals surface area contributed by atoms with Crippen molar-refractivity contribution in [1.29, 1.82) is 0 Å². The van der Waals surface area contributed by atoms with Crippen molar-refractivity contribution in [2.45, 2.75) is 52.1 Å². The lowest BCUT2D eigenvalue weighted by atomic mass is 9.81. The van der Waals surface area contributed by atoms with Crippen LogP contribution in [0.1, 0.15) is 46.0 Å². The number of hydrogen-bond donors (Lipinski definition) is 1. The van der Waals surface area contributed by atoms with E-state index in [0.717, 1.165) is 12.8 Å². The summed E-state index contributed by atoms with van der Waals surface area (Å²) < 4.78 is 4.72. The van der Waals surface area contributed by atoms with Gasteiger partial charge in [0.2, 0.25) is 0 Å². The first kappa shape index (κ1) is 14.1. The maximum atomic E-state index is 10.5. The topological polar surface area (TPSA) is 46.5 Å². The molecule has 0 aliphatic heterocycles. The van der Waals surface area contributed by atoms with Gasteiger partial charge >= 0.3 is 5.97 Å². The zero-order valence-electron chi connectivity index (χ0n) is 10.7.